The molecule has 0 saturated carbocycles. The molecule has 0 radical (unpaired) electrons. The average Bonchev–Trinajstić information content (AvgIpc) is 3.21. The number of aromatic nitrogens is 4. The van der Waals surface area contributed by atoms with Crippen LogP contribution in [-0.2, 0) is 11.0 Å². The molecule has 34 heavy (non-hydrogen) atoms. The first-order valence-electron chi connectivity index (χ1n) is 9.98. The Labute approximate surface area is 193 Å². The Morgan fingerprint density at radius 2 is 2.09 bits per heavy atom. The highest BCUT2D eigenvalue weighted by atomic mass is 19.4. The first-order valence-corrected chi connectivity index (χ1v) is 9.98. The lowest BCUT2D eigenvalue weighted by atomic mass is 10.1. The number of fused-ring (bicyclic) bond motifs is 1. The highest BCUT2D eigenvalue weighted by molar-refractivity contribution is 5.80. The first kappa shape index (κ1) is 26.1. The van der Waals surface area contributed by atoms with Crippen molar-refractivity contribution in [2.24, 2.45) is 16.7 Å². The van der Waals surface area contributed by atoms with Crippen LogP contribution in [0.5, 0.6) is 0 Å². The van der Waals surface area contributed by atoms with Gasteiger partial charge in [0.25, 0.3) is 0 Å². The predicted molar refractivity (Wildman–Crippen MR) is 122 cm³/mol. The minimum absolute atomic E-state index is 0.225. The fourth-order valence-electron chi connectivity index (χ4n) is 2.54. The number of carbonyl (C=O) groups excluding carboxylic acids is 1. The average molecular weight is 481 g/mol. The van der Waals surface area contributed by atoms with Crippen molar-refractivity contribution < 1.29 is 18.0 Å². The first-order chi connectivity index (χ1) is 16.1. The van der Waals surface area contributed by atoms with Gasteiger partial charge in [0.1, 0.15) is 17.5 Å². The molecule has 184 valence electrons. The van der Waals surface area contributed by atoms with Gasteiger partial charge in [-0.2, -0.15) is 18.3 Å². The molecule has 0 fully saturated rings. The van der Waals surface area contributed by atoms with Crippen LogP contribution in [0.25, 0.3) is 16.9 Å². The molecule has 0 bridgehead atoms. The summed E-state index contributed by atoms with van der Waals surface area (Å²) in [4.78, 5) is 17.7. The molecule has 0 aliphatic heterocycles. The highest BCUT2D eigenvalue weighted by Gasteiger charge is 2.34. The summed E-state index contributed by atoms with van der Waals surface area (Å²) < 4.78 is 40.1. The van der Waals surface area contributed by atoms with E-state index in [1.165, 1.54) is 15.8 Å². The van der Waals surface area contributed by atoms with E-state index in [0.29, 0.717) is 48.9 Å². The maximum atomic E-state index is 12.9. The number of pyridine rings is 1. The third-order valence-corrected chi connectivity index (χ3v) is 4.29. The summed E-state index contributed by atoms with van der Waals surface area (Å²) in [5.41, 5.74) is 10.9. The highest BCUT2D eigenvalue weighted by Crippen LogP contribution is 2.34. The lowest BCUT2D eigenvalue weighted by Crippen LogP contribution is -2.30. The molecule has 0 aromatic carbocycles. The summed E-state index contributed by atoms with van der Waals surface area (Å²) in [6, 6.07) is 4.17. The largest absolute Gasteiger partial charge is 0.419 e. The summed E-state index contributed by atoms with van der Waals surface area (Å²) in [5.74, 6) is 5.81. The molecule has 3 aromatic rings. The number of halogens is 3. The van der Waals surface area contributed by atoms with E-state index < -0.39 is 17.6 Å². The molecule has 0 unspecified atom stereocenters. The van der Waals surface area contributed by atoms with Crippen molar-refractivity contribution in [3.05, 3.63) is 36.2 Å². The van der Waals surface area contributed by atoms with Crippen molar-refractivity contribution in [1.82, 2.24) is 30.0 Å². The number of anilines is 2. The molecule has 0 spiro atoms. The van der Waals surface area contributed by atoms with Crippen molar-refractivity contribution in [2.45, 2.75) is 19.5 Å². The maximum Gasteiger partial charge on any atom is 0.419 e. The van der Waals surface area contributed by atoms with E-state index in [1.807, 2.05) is 6.92 Å². The van der Waals surface area contributed by atoms with Gasteiger partial charge in [-0.3, -0.25) is 4.79 Å². The number of nitrogens with zero attached hydrogens (tertiary/aromatic N) is 6. The smallest absolute Gasteiger partial charge is 0.386 e. The van der Waals surface area contributed by atoms with E-state index >= 15 is 0 Å². The molecule has 15 heteroatoms. The van der Waals surface area contributed by atoms with Crippen LogP contribution in [-0.4, -0.2) is 57.1 Å². The molecule has 0 aliphatic carbocycles. The van der Waals surface area contributed by atoms with E-state index in [9.17, 15) is 18.0 Å². The van der Waals surface area contributed by atoms with Crippen LogP contribution in [0.3, 0.4) is 0 Å². The van der Waals surface area contributed by atoms with Gasteiger partial charge in [0, 0.05) is 31.8 Å². The summed E-state index contributed by atoms with van der Waals surface area (Å²) >= 11 is 0. The topological polar surface area (TPSA) is 178 Å². The Morgan fingerprint density at radius 1 is 1.35 bits per heavy atom. The van der Waals surface area contributed by atoms with Gasteiger partial charge in [0.2, 0.25) is 6.41 Å². The van der Waals surface area contributed by atoms with Crippen LogP contribution in [0.1, 0.15) is 18.9 Å². The van der Waals surface area contributed by atoms with E-state index in [1.54, 1.807) is 25.4 Å². The fraction of sp³-hybridized carbons (Fsp3) is 0.316. The quantitative estimate of drug-likeness (QED) is 0.0784. The van der Waals surface area contributed by atoms with Crippen LogP contribution in [0, 0.1) is 0 Å². The van der Waals surface area contributed by atoms with Gasteiger partial charge in [0.15, 0.2) is 5.65 Å². The Bertz CT molecular complexity index is 1130. The summed E-state index contributed by atoms with van der Waals surface area (Å²) in [6.07, 6.45) is -0.547. The van der Waals surface area contributed by atoms with Gasteiger partial charge in [-0.05, 0) is 25.1 Å². The Morgan fingerprint density at radius 3 is 2.71 bits per heavy atom. The van der Waals surface area contributed by atoms with Gasteiger partial charge in [0.05, 0.1) is 24.0 Å². The van der Waals surface area contributed by atoms with Gasteiger partial charge in [-0.25, -0.2) is 25.4 Å². The van der Waals surface area contributed by atoms with Crippen LogP contribution in [0.2, 0.25) is 0 Å². The van der Waals surface area contributed by atoms with Gasteiger partial charge in [-0.1, -0.05) is 0 Å². The minimum Gasteiger partial charge on any atom is -0.386 e. The van der Waals surface area contributed by atoms with Crippen molar-refractivity contribution >= 4 is 29.5 Å². The molecule has 0 saturated heterocycles. The normalized spacial score (nSPS) is 11.5. The summed E-state index contributed by atoms with van der Waals surface area (Å²) in [6.45, 7) is 2.94. The second-order valence-corrected chi connectivity index (χ2v) is 6.72. The molecule has 0 atom stereocenters. The second-order valence-electron chi connectivity index (χ2n) is 6.72. The van der Waals surface area contributed by atoms with Crippen LogP contribution < -0.4 is 27.9 Å². The fourth-order valence-corrected chi connectivity index (χ4v) is 2.54. The molecule has 1 amide bonds. The van der Waals surface area contributed by atoms with Gasteiger partial charge in [-0.15, -0.1) is 5.10 Å². The minimum atomic E-state index is -4.56. The summed E-state index contributed by atoms with van der Waals surface area (Å²) in [7, 11) is 1.71. The van der Waals surface area contributed by atoms with Crippen molar-refractivity contribution in [1.29, 1.82) is 0 Å². The van der Waals surface area contributed by atoms with E-state index in [0.717, 1.165) is 6.07 Å². The van der Waals surface area contributed by atoms with Crippen LogP contribution >= 0.6 is 0 Å². The number of hydrogen-bond acceptors (Lipinski definition) is 9. The molecule has 3 heterocycles. The molecule has 12 nitrogen and oxygen atoms in total. The second kappa shape index (κ2) is 11.6. The number of nitrogens with one attached hydrogen (secondary N) is 2. The Balaban J connectivity index is 0.000000292. The number of imidazole rings is 1. The number of carbonyl (C=O) groups is 1. The Kier molecular flexibility index (Phi) is 8.94. The number of rotatable bonds is 8. The number of amidine groups is 1. The van der Waals surface area contributed by atoms with Gasteiger partial charge < -0.3 is 22.1 Å². The third-order valence-electron chi connectivity index (χ3n) is 4.29. The predicted octanol–water partition coefficient (Wildman–Crippen LogP) is 1.02. The molecular formula is C19H26F3N11O. The third kappa shape index (κ3) is 7.19. The maximum absolute atomic E-state index is 12.9. The zero-order valence-corrected chi connectivity index (χ0v) is 18.5. The number of alkyl halides is 3. The number of hydrazone groups is 1. The number of nitrogen functional groups attached to an aromatic ring is 1. The van der Waals surface area contributed by atoms with Crippen molar-refractivity contribution in [2.75, 3.05) is 31.2 Å². The molecule has 3 aromatic heterocycles. The molecule has 3 rings (SSSR count). The lowest BCUT2D eigenvalue weighted by Gasteiger charge is -2.10. The number of nitrogens with two attached hydrogens (primary N) is 3. The zero-order valence-electron chi connectivity index (χ0n) is 18.5. The van der Waals surface area contributed by atoms with E-state index in [-0.39, 0.29) is 5.56 Å². The molecular weight excluding hydrogens is 455 g/mol. The van der Waals surface area contributed by atoms with E-state index in [4.69, 9.17) is 17.3 Å². The van der Waals surface area contributed by atoms with E-state index in [2.05, 4.69) is 30.8 Å². The lowest BCUT2D eigenvalue weighted by molar-refractivity contribution is -0.137. The molecule has 8 N–H and O–H groups in total. The zero-order chi connectivity index (χ0) is 25.3. The molecule has 0 aliphatic rings. The Hall–Kier alpha value is -4.14. The van der Waals surface area contributed by atoms with Gasteiger partial charge >= 0.3 is 6.18 Å². The standard InChI is InChI=1S/C13H11F3N6.C6H15N5O/c1-18-10-6-22-11(20-10)3-2-9(21-22)7-4-8(13(14,15)16)12(17)19-5-7;1-2-11(8)10-6(7)3-4-9-5-12/h2-6,18H,1H3,(H2,17,19);5H,2-4,8H2,1H3,(H2,7,10)(H,9,12). The number of hydrogen-bond donors (Lipinski definition) is 5. The van der Waals surface area contributed by atoms with Crippen molar-refractivity contribution in [3.8, 4) is 11.3 Å². The van der Waals surface area contributed by atoms with Crippen LogP contribution in [0.4, 0.5) is 24.8 Å². The summed E-state index contributed by atoms with van der Waals surface area (Å²) in [5, 5.41) is 14.6. The number of hydrazine groups is 1. The van der Waals surface area contributed by atoms with Crippen molar-refractivity contribution in [3.63, 3.8) is 0 Å². The number of amides is 1. The SMILES string of the molecule is CCN(N)/N=C(\N)CCNC=O.CNc1cn2nc(-c3cnc(N)c(C(F)(F)F)c3)ccc2n1. The van der Waals surface area contributed by atoms with Crippen LogP contribution in [0.15, 0.2) is 35.7 Å². The monoisotopic (exact) mass is 481 g/mol.